The molecule has 0 radical (unpaired) electrons. The quantitative estimate of drug-likeness (QED) is 0.838. The number of carbonyl (C=O) groups excluding carboxylic acids is 2. The van der Waals surface area contributed by atoms with Crippen LogP contribution in [0.4, 0.5) is 0 Å². The molecule has 0 fully saturated rings. The molecule has 0 atom stereocenters. The molecule has 1 aromatic rings. The van der Waals surface area contributed by atoms with Gasteiger partial charge >= 0.3 is 0 Å². The summed E-state index contributed by atoms with van der Waals surface area (Å²) in [5.41, 5.74) is 0.773. The lowest BCUT2D eigenvalue weighted by molar-refractivity contribution is -0.126. The lowest BCUT2D eigenvalue weighted by atomic mass is 10.1. The standard InChI is InChI=1S/C16H24N2O3/c1-16(2,3)18-15(20)11-17-14(19)10-7-12-5-8-13(21-4)9-6-12/h5-6,8-9H,7,10-11H2,1-4H3,(H,17,19)(H,18,20). The van der Waals surface area contributed by atoms with Crippen LogP contribution < -0.4 is 15.4 Å². The molecular formula is C16H24N2O3. The number of hydrogen-bond donors (Lipinski definition) is 2. The van der Waals surface area contributed by atoms with Crippen molar-refractivity contribution in [3.8, 4) is 5.75 Å². The van der Waals surface area contributed by atoms with E-state index >= 15 is 0 Å². The van der Waals surface area contributed by atoms with Crippen molar-refractivity contribution in [3.05, 3.63) is 29.8 Å². The van der Waals surface area contributed by atoms with E-state index in [2.05, 4.69) is 10.6 Å². The lowest BCUT2D eigenvalue weighted by Crippen LogP contribution is -2.45. The number of benzene rings is 1. The minimum atomic E-state index is -0.287. The predicted octanol–water partition coefficient (Wildman–Crippen LogP) is 1.66. The average Bonchev–Trinajstić information content (AvgIpc) is 2.41. The number of nitrogens with one attached hydrogen (secondary N) is 2. The number of ether oxygens (including phenoxy) is 1. The molecule has 0 saturated heterocycles. The maximum atomic E-state index is 11.7. The second-order valence-electron chi connectivity index (χ2n) is 5.92. The highest BCUT2D eigenvalue weighted by molar-refractivity contribution is 5.85. The summed E-state index contributed by atoms with van der Waals surface area (Å²) < 4.78 is 5.08. The van der Waals surface area contributed by atoms with E-state index in [4.69, 9.17) is 4.74 Å². The molecule has 5 heteroatoms. The number of methoxy groups -OCH3 is 1. The number of aryl methyl sites for hydroxylation is 1. The van der Waals surface area contributed by atoms with Crippen molar-refractivity contribution in [2.45, 2.75) is 39.2 Å². The largest absolute Gasteiger partial charge is 0.497 e. The minimum Gasteiger partial charge on any atom is -0.497 e. The molecule has 0 aliphatic rings. The second kappa shape index (κ2) is 7.67. The van der Waals surface area contributed by atoms with Gasteiger partial charge in [0.15, 0.2) is 0 Å². The van der Waals surface area contributed by atoms with E-state index in [-0.39, 0.29) is 23.9 Å². The van der Waals surface area contributed by atoms with Gasteiger partial charge < -0.3 is 15.4 Å². The highest BCUT2D eigenvalue weighted by Crippen LogP contribution is 2.12. The molecule has 0 spiro atoms. The first-order chi connectivity index (χ1) is 9.80. The average molecular weight is 292 g/mol. The number of rotatable bonds is 6. The molecule has 1 aromatic carbocycles. The summed E-state index contributed by atoms with van der Waals surface area (Å²) >= 11 is 0. The molecule has 0 heterocycles. The van der Waals surface area contributed by atoms with Crippen LogP contribution in [-0.4, -0.2) is 31.0 Å². The predicted molar refractivity (Wildman–Crippen MR) is 82.2 cm³/mol. The maximum absolute atomic E-state index is 11.7. The van der Waals surface area contributed by atoms with Gasteiger partial charge in [-0.25, -0.2) is 0 Å². The van der Waals surface area contributed by atoms with Gasteiger partial charge in [0, 0.05) is 12.0 Å². The Hall–Kier alpha value is -2.04. The van der Waals surface area contributed by atoms with Gasteiger partial charge in [-0.1, -0.05) is 12.1 Å². The second-order valence-corrected chi connectivity index (χ2v) is 5.92. The summed E-state index contributed by atoms with van der Waals surface area (Å²) in [6.07, 6.45) is 0.992. The zero-order valence-corrected chi connectivity index (χ0v) is 13.2. The summed E-state index contributed by atoms with van der Waals surface area (Å²) in [6, 6.07) is 7.59. The van der Waals surface area contributed by atoms with E-state index in [1.54, 1.807) is 7.11 Å². The molecule has 0 saturated carbocycles. The van der Waals surface area contributed by atoms with Crippen molar-refractivity contribution in [3.63, 3.8) is 0 Å². The molecule has 0 aliphatic heterocycles. The third kappa shape index (κ3) is 7.34. The molecule has 0 aliphatic carbocycles. The normalized spacial score (nSPS) is 10.9. The zero-order chi connectivity index (χ0) is 15.9. The van der Waals surface area contributed by atoms with Crippen LogP contribution in [0.5, 0.6) is 5.75 Å². The molecule has 0 aromatic heterocycles. The van der Waals surface area contributed by atoms with Gasteiger partial charge in [-0.2, -0.15) is 0 Å². The molecule has 2 amide bonds. The Labute approximate surface area is 126 Å². The van der Waals surface area contributed by atoms with Crippen molar-refractivity contribution in [1.82, 2.24) is 10.6 Å². The van der Waals surface area contributed by atoms with E-state index in [1.165, 1.54) is 0 Å². The lowest BCUT2D eigenvalue weighted by Gasteiger charge is -2.20. The summed E-state index contributed by atoms with van der Waals surface area (Å²) in [7, 11) is 1.62. The molecule has 0 unspecified atom stereocenters. The van der Waals surface area contributed by atoms with Gasteiger partial charge in [-0.05, 0) is 44.9 Å². The van der Waals surface area contributed by atoms with Gasteiger partial charge in [-0.3, -0.25) is 9.59 Å². The Morgan fingerprint density at radius 2 is 1.71 bits per heavy atom. The minimum absolute atomic E-state index is 0.0126. The van der Waals surface area contributed by atoms with Crippen LogP contribution in [0.15, 0.2) is 24.3 Å². The SMILES string of the molecule is COc1ccc(CCC(=O)NCC(=O)NC(C)(C)C)cc1. The maximum Gasteiger partial charge on any atom is 0.239 e. The van der Waals surface area contributed by atoms with Crippen LogP contribution >= 0.6 is 0 Å². The van der Waals surface area contributed by atoms with Crippen molar-refractivity contribution in [2.24, 2.45) is 0 Å². The first-order valence-electron chi connectivity index (χ1n) is 7.01. The molecule has 116 valence electrons. The van der Waals surface area contributed by atoms with Crippen LogP contribution in [0, 0.1) is 0 Å². The van der Waals surface area contributed by atoms with Crippen molar-refractivity contribution >= 4 is 11.8 Å². The van der Waals surface area contributed by atoms with Gasteiger partial charge in [0.05, 0.1) is 13.7 Å². The molecule has 2 N–H and O–H groups in total. The Bertz CT molecular complexity index is 475. The number of hydrogen-bond acceptors (Lipinski definition) is 3. The molecular weight excluding hydrogens is 268 g/mol. The fraction of sp³-hybridized carbons (Fsp3) is 0.500. The van der Waals surface area contributed by atoms with Crippen LogP contribution in [-0.2, 0) is 16.0 Å². The third-order valence-electron chi connectivity index (χ3n) is 2.76. The van der Waals surface area contributed by atoms with Crippen LogP contribution in [0.2, 0.25) is 0 Å². The van der Waals surface area contributed by atoms with E-state index in [9.17, 15) is 9.59 Å². The third-order valence-corrected chi connectivity index (χ3v) is 2.76. The van der Waals surface area contributed by atoms with Gasteiger partial charge in [-0.15, -0.1) is 0 Å². The summed E-state index contributed by atoms with van der Waals surface area (Å²) in [5.74, 6) is 0.484. The highest BCUT2D eigenvalue weighted by atomic mass is 16.5. The Balaban J connectivity index is 2.29. The van der Waals surface area contributed by atoms with Crippen molar-refractivity contribution < 1.29 is 14.3 Å². The van der Waals surface area contributed by atoms with Crippen LogP contribution in [0.1, 0.15) is 32.8 Å². The van der Waals surface area contributed by atoms with E-state index < -0.39 is 0 Å². The Kier molecular flexibility index (Phi) is 6.21. The highest BCUT2D eigenvalue weighted by Gasteiger charge is 2.14. The first kappa shape index (κ1) is 17.0. The first-order valence-corrected chi connectivity index (χ1v) is 7.01. The van der Waals surface area contributed by atoms with Crippen LogP contribution in [0.3, 0.4) is 0 Å². The van der Waals surface area contributed by atoms with E-state index in [0.717, 1.165) is 11.3 Å². The van der Waals surface area contributed by atoms with Gasteiger partial charge in [0.2, 0.25) is 11.8 Å². The fourth-order valence-corrected chi connectivity index (χ4v) is 1.78. The van der Waals surface area contributed by atoms with Crippen molar-refractivity contribution in [1.29, 1.82) is 0 Å². The molecule has 0 bridgehead atoms. The van der Waals surface area contributed by atoms with Gasteiger partial charge in [0.25, 0.3) is 0 Å². The molecule has 5 nitrogen and oxygen atoms in total. The monoisotopic (exact) mass is 292 g/mol. The van der Waals surface area contributed by atoms with Crippen LogP contribution in [0.25, 0.3) is 0 Å². The zero-order valence-electron chi connectivity index (χ0n) is 13.2. The summed E-state index contributed by atoms with van der Waals surface area (Å²) in [6.45, 7) is 5.71. The fourth-order valence-electron chi connectivity index (χ4n) is 1.78. The molecule has 21 heavy (non-hydrogen) atoms. The van der Waals surface area contributed by atoms with Gasteiger partial charge in [0.1, 0.15) is 5.75 Å². The summed E-state index contributed by atoms with van der Waals surface area (Å²) in [5, 5.41) is 5.42. The topological polar surface area (TPSA) is 67.4 Å². The Morgan fingerprint density at radius 1 is 1.10 bits per heavy atom. The molecule has 1 rings (SSSR count). The van der Waals surface area contributed by atoms with Crippen molar-refractivity contribution in [2.75, 3.05) is 13.7 Å². The number of amides is 2. The Morgan fingerprint density at radius 3 is 2.24 bits per heavy atom. The van der Waals surface area contributed by atoms with E-state index in [0.29, 0.717) is 12.8 Å². The smallest absolute Gasteiger partial charge is 0.239 e. The van der Waals surface area contributed by atoms with E-state index in [1.807, 2.05) is 45.0 Å². The summed E-state index contributed by atoms with van der Waals surface area (Å²) in [4.78, 5) is 23.3. The number of carbonyl (C=O) groups is 2.